The third kappa shape index (κ3) is 2.01. The second kappa shape index (κ2) is 5.26. The van der Waals surface area contributed by atoms with Gasteiger partial charge < -0.3 is 4.98 Å². The van der Waals surface area contributed by atoms with Gasteiger partial charge in [-0.2, -0.15) is 5.10 Å². The van der Waals surface area contributed by atoms with Crippen LogP contribution >= 0.6 is 11.3 Å². The van der Waals surface area contributed by atoms with E-state index in [1.54, 1.807) is 11.3 Å². The number of H-pyrrole nitrogens is 2. The lowest BCUT2D eigenvalue weighted by Crippen LogP contribution is -2.22. The van der Waals surface area contributed by atoms with E-state index in [1.165, 1.54) is 10.4 Å². The van der Waals surface area contributed by atoms with Crippen molar-refractivity contribution in [3.05, 3.63) is 33.6 Å². The molecule has 7 heteroatoms. The van der Waals surface area contributed by atoms with E-state index in [9.17, 15) is 4.79 Å². The number of rotatable bonds is 1. The highest BCUT2D eigenvalue weighted by atomic mass is 32.1. The lowest BCUT2D eigenvalue weighted by molar-refractivity contribution is 0.306. The Balaban J connectivity index is 1.75. The summed E-state index contributed by atoms with van der Waals surface area (Å²) in [6.45, 7) is 1.06. The molecular formula is C17H19N5OS. The van der Waals surface area contributed by atoms with Crippen molar-refractivity contribution in [2.24, 2.45) is 0 Å². The van der Waals surface area contributed by atoms with Gasteiger partial charge in [-0.15, -0.1) is 11.3 Å². The number of aromatic nitrogens is 4. The Morgan fingerprint density at radius 1 is 1.33 bits per heavy atom. The van der Waals surface area contributed by atoms with Crippen molar-refractivity contribution in [3.63, 3.8) is 0 Å². The summed E-state index contributed by atoms with van der Waals surface area (Å²) < 4.78 is 0.749. The number of fused-ring (bicyclic) bond motifs is 5. The minimum Gasteiger partial charge on any atom is -0.308 e. The van der Waals surface area contributed by atoms with Crippen LogP contribution in [0.5, 0.6) is 0 Å². The third-order valence-electron chi connectivity index (χ3n) is 5.30. The van der Waals surface area contributed by atoms with Gasteiger partial charge in [0.05, 0.1) is 17.3 Å². The molecule has 1 fully saturated rings. The molecule has 1 saturated heterocycles. The van der Waals surface area contributed by atoms with Crippen LogP contribution in [-0.2, 0) is 12.8 Å². The molecule has 0 unspecified atom stereocenters. The first kappa shape index (κ1) is 14.4. The molecule has 3 aromatic heterocycles. The molecule has 6 nitrogen and oxygen atoms in total. The summed E-state index contributed by atoms with van der Waals surface area (Å²) in [6.07, 6.45) is 7.15. The SMILES string of the molecule is CN1CCC[C@H]1c1nc2c3c(sc2c(=O)[nH]1)-c1c[nH]nc1CCC3. The first-order valence-corrected chi connectivity index (χ1v) is 9.33. The van der Waals surface area contributed by atoms with Crippen LogP contribution in [0.1, 0.15) is 42.4 Å². The van der Waals surface area contributed by atoms with Crippen molar-refractivity contribution in [1.82, 2.24) is 25.1 Å². The van der Waals surface area contributed by atoms with Gasteiger partial charge in [0.2, 0.25) is 0 Å². The largest absolute Gasteiger partial charge is 0.308 e. The smallest absolute Gasteiger partial charge is 0.268 e. The fourth-order valence-corrected chi connectivity index (χ4v) is 5.27. The summed E-state index contributed by atoms with van der Waals surface area (Å²) in [5, 5.41) is 7.34. The normalized spacial score (nSPS) is 21.0. The lowest BCUT2D eigenvalue weighted by atomic mass is 10.1. The van der Waals surface area contributed by atoms with Crippen molar-refractivity contribution in [2.75, 3.05) is 13.6 Å². The zero-order chi connectivity index (χ0) is 16.3. The highest BCUT2D eigenvalue weighted by Crippen LogP contribution is 2.41. The molecule has 2 N–H and O–H groups in total. The van der Waals surface area contributed by atoms with Crippen molar-refractivity contribution in [3.8, 4) is 10.4 Å². The van der Waals surface area contributed by atoms with E-state index in [0.717, 1.165) is 65.9 Å². The molecule has 0 amide bonds. The Labute approximate surface area is 142 Å². The highest BCUT2D eigenvalue weighted by molar-refractivity contribution is 7.22. The fourth-order valence-electron chi connectivity index (χ4n) is 4.05. The van der Waals surface area contributed by atoms with E-state index in [4.69, 9.17) is 4.98 Å². The summed E-state index contributed by atoms with van der Waals surface area (Å²) >= 11 is 1.56. The molecule has 2 aliphatic rings. The quantitative estimate of drug-likeness (QED) is 0.713. The molecule has 0 saturated carbocycles. The summed E-state index contributed by atoms with van der Waals surface area (Å²) in [7, 11) is 2.10. The number of hydrogen-bond acceptors (Lipinski definition) is 5. The van der Waals surface area contributed by atoms with E-state index in [2.05, 4.69) is 27.1 Å². The standard InChI is InChI=1S/C17H19N5OS/c1-22-7-3-6-12(22)16-19-13-9-4-2-5-11-10(8-18-21-11)14(9)24-15(13)17(23)20-16/h8,12H,2-7H2,1H3,(H,18,21)(H,19,20,23)/t12-/m0/s1. The van der Waals surface area contributed by atoms with E-state index < -0.39 is 0 Å². The van der Waals surface area contributed by atoms with Gasteiger partial charge in [0, 0.05) is 16.6 Å². The molecule has 1 aliphatic carbocycles. The predicted molar refractivity (Wildman–Crippen MR) is 94.5 cm³/mol. The Bertz CT molecular complexity index is 985. The molecule has 1 atom stereocenters. The first-order valence-electron chi connectivity index (χ1n) is 8.51. The van der Waals surface area contributed by atoms with E-state index in [0.29, 0.717) is 0 Å². The van der Waals surface area contributed by atoms with Crippen LogP contribution in [0.15, 0.2) is 11.0 Å². The molecule has 0 aromatic carbocycles. The van der Waals surface area contributed by atoms with Crippen molar-refractivity contribution >= 4 is 21.6 Å². The third-order valence-corrected chi connectivity index (χ3v) is 6.55. The molecular weight excluding hydrogens is 322 g/mol. The van der Waals surface area contributed by atoms with Crippen LogP contribution in [-0.4, -0.2) is 38.7 Å². The zero-order valence-corrected chi connectivity index (χ0v) is 14.4. The molecule has 24 heavy (non-hydrogen) atoms. The predicted octanol–water partition coefficient (Wildman–Crippen LogP) is 2.63. The van der Waals surface area contributed by atoms with Gasteiger partial charge in [0.1, 0.15) is 10.5 Å². The van der Waals surface area contributed by atoms with Crippen LogP contribution in [0.4, 0.5) is 0 Å². The Morgan fingerprint density at radius 2 is 2.25 bits per heavy atom. The maximum atomic E-state index is 12.7. The van der Waals surface area contributed by atoms with Crippen LogP contribution in [0.3, 0.4) is 0 Å². The average Bonchev–Trinajstić information content (AvgIpc) is 3.25. The number of nitrogens with one attached hydrogen (secondary N) is 2. The van der Waals surface area contributed by atoms with Crippen LogP contribution in [0.25, 0.3) is 20.7 Å². The van der Waals surface area contributed by atoms with Gasteiger partial charge in [-0.25, -0.2) is 4.98 Å². The summed E-state index contributed by atoms with van der Waals surface area (Å²) in [4.78, 5) is 24.1. The molecule has 0 radical (unpaired) electrons. The molecule has 3 aromatic rings. The van der Waals surface area contributed by atoms with Crippen molar-refractivity contribution in [2.45, 2.75) is 38.1 Å². The summed E-state index contributed by atoms with van der Waals surface area (Å²) in [5.41, 5.74) is 4.38. The van der Waals surface area contributed by atoms with Gasteiger partial charge in [0.15, 0.2) is 0 Å². The molecule has 4 heterocycles. The molecule has 5 rings (SSSR count). The topological polar surface area (TPSA) is 77.7 Å². The highest BCUT2D eigenvalue weighted by Gasteiger charge is 2.28. The van der Waals surface area contributed by atoms with Crippen LogP contribution in [0.2, 0.25) is 0 Å². The van der Waals surface area contributed by atoms with Gasteiger partial charge in [0.25, 0.3) is 5.56 Å². The van der Waals surface area contributed by atoms with Gasteiger partial charge in [-0.05, 0) is 51.3 Å². The number of aryl methyl sites for hydroxylation is 2. The molecule has 1 aliphatic heterocycles. The first-order chi connectivity index (χ1) is 11.7. The molecule has 0 spiro atoms. The Morgan fingerprint density at radius 3 is 3.08 bits per heavy atom. The number of thiophene rings is 1. The Kier molecular flexibility index (Phi) is 3.14. The zero-order valence-electron chi connectivity index (χ0n) is 13.6. The minimum atomic E-state index is -0.00146. The second-order valence-electron chi connectivity index (χ2n) is 6.78. The number of hydrogen-bond donors (Lipinski definition) is 2. The maximum Gasteiger partial charge on any atom is 0.268 e. The van der Waals surface area contributed by atoms with E-state index in [-0.39, 0.29) is 11.6 Å². The minimum absolute atomic E-state index is 0.00146. The van der Waals surface area contributed by atoms with E-state index in [1.807, 2.05) is 6.20 Å². The Hall–Kier alpha value is -1.99. The second-order valence-corrected chi connectivity index (χ2v) is 7.80. The fraction of sp³-hybridized carbons (Fsp3) is 0.471. The molecule has 124 valence electrons. The van der Waals surface area contributed by atoms with E-state index >= 15 is 0 Å². The average molecular weight is 341 g/mol. The monoisotopic (exact) mass is 341 g/mol. The summed E-state index contributed by atoms with van der Waals surface area (Å²) in [5.74, 6) is 0.824. The van der Waals surface area contributed by atoms with Crippen LogP contribution < -0.4 is 5.56 Å². The summed E-state index contributed by atoms with van der Waals surface area (Å²) in [6, 6.07) is 0.230. The van der Waals surface area contributed by atoms with Gasteiger partial charge in [-0.1, -0.05) is 0 Å². The number of likely N-dealkylation sites (tertiary alicyclic amines) is 1. The lowest BCUT2D eigenvalue weighted by Gasteiger charge is -2.18. The van der Waals surface area contributed by atoms with Gasteiger partial charge >= 0.3 is 0 Å². The molecule has 0 bridgehead atoms. The van der Waals surface area contributed by atoms with Crippen molar-refractivity contribution in [1.29, 1.82) is 0 Å². The van der Waals surface area contributed by atoms with Gasteiger partial charge in [-0.3, -0.25) is 14.8 Å². The van der Waals surface area contributed by atoms with Crippen molar-refractivity contribution < 1.29 is 0 Å². The number of nitrogens with zero attached hydrogens (tertiary/aromatic N) is 3. The maximum absolute atomic E-state index is 12.7. The number of aromatic amines is 2. The van der Waals surface area contributed by atoms with Crippen LogP contribution in [0, 0.1) is 0 Å².